The average molecular weight is 390 g/mol. The van der Waals surface area contributed by atoms with Crippen LogP contribution in [0.15, 0.2) is 30.3 Å². The lowest BCUT2D eigenvalue weighted by atomic mass is 10.1. The van der Waals surface area contributed by atoms with Crippen molar-refractivity contribution in [2.45, 2.75) is 19.5 Å². The molecule has 0 unspecified atom stereocenters. The van der Waals surface area contributed by atoms with Gasteiger partial charge in [0.25, 0.3) is 0 Å². The molecule has 2 aromatic rings. The zero-order valence-electron chi connectivity index (χ0n) is 16.0. The molecule has 2 N–H and O–H groups in total. The van der Waals surface area contributed by atoms with Gasteiger partial charge in [0.1, 0.15) is 23.9 Å². The Kier molecular flexibility index (Phi) is 5.77. The van der Waals surface area contributed by atoms with E-state index < -0.39 is 11.9 Å². The number of amides is 2. The fourth-order valence-corrected chi connectivity index (χ4v) is 3.09. The normalized spacial score (nSPS) is 14.4. The minimum Gasteiger partial charge on any atom is -0.508 e. The van der Waals surface area contributed by atoms with E-state index in [1.54, 1.807) is 24.0 Å². The second kappa shape index (κ2) is 8.24. The number of carbonyl (C=O) groups is 1. The summed E-state index contributed by atoms with van der Waals surface area (Å²) in [6.07, 6.45) is 0. The van der Waals surface area contributed by atoms with Crippen molar-refractivity contribution >= 4 is 6.03 Å². The predicted octanol–water partition coefficient (Wildman–Crippen LogP) is 3.21. The molecule has 1 aliphatic rings. The fourth-order valence-electron chi connectivity index (χ4n) is 3.09. The molecule has 0 saturated carbocycles. The number of hydrogen-bond donors (Lipinski definition) is 2. The summed E-state index contributed by atoms with van der Waals surface area (Å²) in [5, 5.41) is 12.4. The predicted molar refractivity (Wildman–Crippen MR) is 100 cm³/mol. The van der Waals surface area contributed by atoms with Crippen molar-refractivity contribution in [3.8, 4) is 23.0 Å². The van der Waals surface area contributed by atoms with Crippen LogP contribution in [0.4, 0.5) is 9.18 Å². The van der Waals surface area contributed by atoms with Crippen LogP contribution in [0, 0.1) is 5.82 Å². The van der Waals surface area contributed by atoms with Crippen molar-refractivity contribution in [3.63, 3.8) is 0 Å². The smallest absolute Gasteiger partial charge is 0.318 e. The number of rotatable bonds is 4. The second-order valence-corrected chi connectivity index (χ2v) is 6.46. The third-order valence-electron chi connectivity index (χ3n) is 4.63. The molecule has 1 aliphatic heterocycles. The Balaban J connectivity index is 1.74. The van der Waals surface area contributed by atoms with E-state index in [2.05, 4.69) is 5.32 Å². The van der Waals surface area contributed by atoms with Gasteiger partial charge in [-0.2, -0.15) is 0 Å². The summed E-state index contributed by atoms with van der Waals surface area (Å²) in [5.41, 5.74) is 1.08. The van der Waals surface area contributed by atoms with Crippen LogP contribution in [-0.4, -0.2) is 43.4 Å². The Morgan fingerprint density at radius 3 is 2.68 bits per heavy atom. The van der Waals surface area contributed by atoms with Crippen LogP contribution in [0.3, 0.4) is 0 Å². The molecule has 1 heterocycles. The highest BCUT2D eigenvalue weighted by Crippen LogP contribution is 2.32. The molecule has 3 rings (SSSR count). The van der Waals surface area contributed by atoms with Gasteiger partial charge in [0, 0.05) is 23.3 Å². The van der Waals surface area contributed by atoms with E-state index in [0.717, 1.165) is 5.56 Å². The Hall–Kier alpha value is -3.16. The number of carbonyl (C=O) groups excluding carboxylic acids is 1. The molecule has 150 valence electrons. The molecule has 2 amide bonds. The van der Waals surface area contributed by atoms with Gasteiger partial charge in [-0.3, -0.25) is 0 Å². The number of nitrogens with zero attached hydrogens (tertiary/aromatic N) is 1. The quantitative estimate of drug-likeness (QED) is 0.838. The van der Waals surface area contributed by atoms with Gasteiger partial charge in [-0.05, 0) is 25.1 Å². The zero-order valence-corrected chi connectivity index (χ0v) is 16.0. The van der Waals surface area contributed by atoms with Crippen LogP contribution in [0.1, 0.15) is 24.1 Å². The SMILES string of the molecule is COc1cc(F)c([C@@H](C)NC(=O)N2CCOc3cc(O)ccc3C2)cc1OC. The first-order chi connectivity index (χ1) is 13.4. The number of methoxy groups -OCH3 is 2. The summed E-state index contributed by atoms with van der Waals surface area (Å²) in [6.45, 7) is 2.68. The second-order valence-electron chi connectivity index (χ2n) is 6.46. The number of aromatic hydroxyl groups is 1. The van der Waals surface area contributed by atoms with Gasteiger partial charge in [-0.25, -0.2) is 9.18 Å². The van der Waals surface area contributed by atoms with E-state index in [0.29, 0.717) is 36.8 Å². The average Bonchev–Trinajstić information content (AvgIpc) is 2.89. The molecular weight excluding hydrogens is 367 g/mol. The lowest BCUT2D eigenvalue weighted by Gasteiger charge is -2.24. The molecule has 8 heteroatoms. The van der Waals surface area contributed by atoms with E-state index in [-0.39, 0.29) is 17.5 Å². The lowest BCUT2D eigenvalue weighted by molar-refractivity contribution is 0.184. The maximum absolute atomic E-state index is 14.5. The molecular formula is C20H23FN2O5. The third kappa shape index (κ3) is 4.05. The molecule has 28 heavy (non-hydrogen) atoms. The summed E-state index contributed by atoms with van der Waals surface area (Å²) in [5.74, 6) is 0.831. The third-order valence-corrected chi connectivity index (χ3v) is 4.63. The monoisotopic (exact) mass is 390 g/mol. The van der Waals surface area contributed by atoms with E-state index in [1.165, 1.54) is 32.4 Å². The number of ether oxygens (including phenoxy) is 3. The Labute approximate surface area is 162 Å². The Morgan fingerprint density at radius 1 is 1.25 bits per heavy atom. The maximum Gasteiger partial charge on any atom is 0.318 e. The molecule has 2 aromatic carbocycles. The van der Waals surface area contributed by atoms with Gasteiger partial charge in [-0.15, -0.1) is 0 Å². The van der Waals surface area contributed by atoms with Crippen LogP contribution in [-0.2, 0) is 6.54 Å². The first-order valence-electron chi connectivity index (χ1n) is 8.84. The highest BCUT2D eigenvalue weighted by molar-refractivity contribution is 5.75. The summed E-state index contributed by atoms with van der Waals surface area (Å²) < 4.78 is 30.4. The van der Waals surface area contributed by atoms with Gasteiger partial charge in [0.15, 0.2) is 11.5 Å². The van der Waals surface area contributed by atoms with Crippen LogP contribution in [0.25, 0.3) is 0 Å². The van der Waals surface area contributed by atoms with Gasteiger partial charge >= 0.3 is 6.03 Å². The highest BCUT2D eigenvalue weighted by atomic mass is 19.1. The Morgan fingerprint density at radius 2 is 1.96 bits per heavy atom. The zero-order chi connectivity index (χ0) is 20.3. The summed E-state index contributed by atoms with van der Waals surface area (Å²) in [4.78, 5) is 14.3. The molecule has 0 saturated heterocycles. The molecule has 0 aromatic heterocycles. The number of benzene rings is 2. The molecule has 0 radical (unpaired) electrons. The first-order valence-corrected chi connectivity index (χ1v) is 8.84. The fraction of sp³-hybridized carbons (Fsp3) is 0.350. The molecule has 7 nitrogen and oxygen atoms in total. The van der Waals surface area contributed by atoms with E-state index in [4.69, 9.17) is 14.2 Å². The van der Waals surface area contributed by atoms with E-state index in [9.17, 15) is 14.3 Å². The number of phenolic OH excluding ortho intramolecular Hbond substituents is 1. The molecule has 0 spiro atoms. The van der Waals surface area contributed by atoms with Crippen molar-refractivity contribution in [2.75, 3.05) is 27.4 Å². The van der Waals surface area contributed by atoms with Gasteiger partial charge in [0.05, 0.1) is 33.4 Å². The highest BCUT2D eigenvalue weighted by Gasteiger charge is 2.23. The lowest BCUT2D eigenvalue weighted by Crippen LogP contribution is -2.41. The maximum atomic E-state index is 14.5. The number of hydrogen-bond acceptors (Lipinski definition) is 5. The molecule has 0 fully saturated rings. The Bertz CT molecular complexity index is 874. The minimum absolute atomic E-state index is 0.106. The summed E-state index contributed by atoms with van der Waals surface area (Å²) >= 11 is 0. The van der Waals surface area contributed by atoms with Crippen molar-refractivity contribution in [1.29, 1.82) is 0 Å². The number of nitrogens with one attached hydrogen (secondary N) is 1. The van der Waals surface area contributed by atoms with Crippen LogP contribution < -0.4 is 19.5 Å². The van der Waals surface area contributed by atoms with Crippen molar-refractivity contribution in [3.05, 3.63) is 47.3 Å². The summed E-state index contributed by atoms with van der Waals surface area (Å²) in [6, 6.07) is 6.61. The van der Waals surface area contributed by atoms with Gasteiger partial charge in [-0.1, -0.05) is 0 Å². The summed E-state index contributed by atoms with van der Waals surface area (Å²) in [7, 11) is 2.90. The van der Waals surface area contributed by atoms with Crippen LogP contribution in [0.5, 0.6) is 23.0 Å². The molecule has 1 atom stereocenters. The van der Waals surface area contributed by atoms with E-state index in [1.807, 2.05) is 0 Å². The van der Waals surface area contributed by atoms with Crippen LogP contribution >= 0.6 is 0 Å². The number of urea groups is 1. The van der Waals surface area contributed by atoms with Gasteiger partial charge < -0.3 is 29.5 Å². The molecule has 0 bridgehead atoms. The van der Waals surface area contributed by atoms with E-state index >= 15 is 0 Å². The largest absolute Gasteiger partial charge is 0.508 e. The molecule has 0 aliphatic carbocycles. The van der Waals surface area contributed by atoms with Gasteiger partial charge in [0.2, 0.25) is 0 Å². The van der Waals surface area contributed by atoms with Crippen molar-refractivity contribution in [2.24, 2.45) is 0 Å². The number of halogens is 1. The van der Waals surface area contributed by atoms with Crippen LogP contribution in [0.2, 0.25) is 0 Å². The number of phenols is 1. The first kappa shape index (κ1) is 19.6. The number of fused-ring (bicyclic) bond motifs is 1. The minimum atomic E-state index is -0.587. The standard InChI is InChI=1S/C20H23FN2O5/c1-12(15-9-18(26-2)19(27-3)10-16(15)21)22-20(25)23-6-7-28-17-8-14(24)5-4-13(17)11-23/h4-5,8-10,12,24H,6-7,11H2,1-3H3,(H,22,25)/t12-/m1/s1. The topological polar surface area (TPSA) is 80.3 Å². The van der Waals surface area contributed by atoms with Crippen molar-refractivity contribution < 1.29 is 28.5 Å². The van der Waals surface area contributed by atoms with Crippen molar-refractivity contribution in [1.82, 2.24) is 10.2 Å².